The number of nitrogens with one attached hydrogen (secondary N) is 2. The van der Waals surface area contributed by atoms with Crippen LogP contribution < -0.4 is 10.6 Å². The maximum atomic E-state index is 14.6. The molecule has 0 radical (unpaired) electrons. The summed E-state index contributed by atoms with van der Waals surface area (Å²) < 4.78 is 33.3. The number of nitrogens with zero attached hydrogens (tertiary/aromatic N) is 2. The third-order valence-electron chi connectivity index (χ3n) is 5.63. The van der Waals surface area contributed by atoms with Gasteiger partial charge in [-0.05, 0) is 17.7 Å². The van der Waals surface area contributed by atoms with Crippen molar-refractivity contribution in [2.75, 3.05) is 26.2 Å². The second-order valence-electron chi connectivity index (χ2n) is 7.74. The summed E-state index contributed by atoms with van der Waals surface area (Å²) in [5.74, 6) is -2.55. The summed E-state index contributed by atoms with van der Waals surface area (Å²) in [4.78, 5) is 29.8. The number of amides is 1. The summed E-state index contributed by atoms with van der Waals surface area (Å²) in [7, 11) is 0. The standard InChI is InChI=1S/C22H22F2N4O4/c1-13(18-8-17(24)16(10-26-18)14-2-4-15(23)5-3-14)25-11-20(29)28-12-22(27-6-7-32-22)9-19(28)21(30)31/h2-5,8,10,19,25,27H,1,6-7,9,11-12H2,(H,30,31)/t19-,22?/m0/s1. The largest absolute Gasteiger partial charge is 0.480 e. The Hall–Kier alpha value is -3.37. The highest BCUT2D eigenvalue weighted by molar-refractivity contribution is 5.86. The highest BCUT2D eigenvalue weighted by Crippen LogP contribution is 2.31. The number of aliphatic carboxylic acids is 1. The van der Waals surface area contributed by atoms with Crippen LogP contribution >= 0.6 is 0 Å². The highest BCUT2D eigenvalue weighted by Gasteiger charge is 2.51. The molecule has 8 nitrogen and oxygen atoms in total. The number of carbonyl (C=O) groups excluding carboxylic acids is 1. The van der Waals surface area contributed by atoms with Crippen LogP contribution in [-0.4, -0.2) is 64.9 Å². The Kier molecular flexibility index (Phi) is 5.90. The van der Waals surface area contributed by atoms with Gasteiger partial charge in [0.2, 0.25) is 5.91 Å². The van der Waals surface area contributed by atoms with E-state index in [0.29, 0.717) is 18.7 Å². The van der Waals surface area contributed by atoms with Gasteiger partial charge in [-0.2, -0.15) is 0 Å². The van der Waals surface area contributed by atoms with Gasteiger partial charge in [-0.1, -0.05) is 18.7 Å². The molecule has 10 heteroatoms. The molecule has 2 aliphatic heterocycles. The minimum atomic E-state index is -1.11. The number of aromatic nitrogens is 1. The van der Waals surface area contributed by atoms with E-state index < -0.39 is 35.3 Å². The second-order valence-corrected chi connectivity index (χ2v) is 7.74. The fourth-order valence-corrected chi connectivity index (χ4v) is 3.98. The smallest absolute Gasteiger partial charge is 0.326 e. The Balaban J connectivity index is 1.41. The van der Waals surface area contributed by atoms with Crippen molar-refractivity contribution in [3.63, 3.8) is 0 Å². The Morgan fingerprint density at radius 1 is 1.34 bits per heavy atom. The molecule has 2 saturated heterocycles. The lowest BCUT2D eigenvalue weighted by molar-refractivity contribution is -0.147. The van der Waals surface area contributed by atoms with Gasteiger partial charge in [-0.3, -0.25) is 15.1 Å². The molecule has 2 fully saturated rings. The van der Waals surface area contributed by atoms with Gasteiger partial charge >= 0.3 is 5.97 Å². The van der Waals surface area contributed by atoms with Gasteiger partial charge in [0.1, 0.15) is 23.4 Å². The lowest BCUT2D eigenvalue weighted by Gasteiger charge is -2.24. The molecular weight excluding hydrogens is 422 g/mol. The van der Waals surface area contributed by atoms with Gasteiger partial charge in [0, 0.05) is 30.8 Å². The van der Waals surface area contributed by atoms with Crippen molar-refractivity contribution in [2.24, 2.45) is 0 Å². The fourth-order valence-electron chi connectivity index (χ4n) is 3.98. The van der Waals surface area contributed by atoms with Crippen LogP contribution in [0.2, 0.25) is 0 Å². The molecule has 32 heavy (non-hydrogen) atoms. The topological polar surface area (TPSA) is 104 Å². The average Bonchev–Trinajstić information content (AvgIpc) is 3.39. The first-order valence-electron chi connectivity index (χ1n) is 10.0. The number of halogens is 2. The van der Waals surface area contributed by atoms with E-state index in [4.69, 9.17) is 4.74 Å². The third kappa shape index (κ3) is 4.32. The SMILES string of the molecule is C=C(NCC(=O)N1CC2(C[C@H]1C(=O)O)NCCO2)c1cc(F)c(-c2ccc(F)cc2)cn1. The van der Waals surface area contributed by atoms with Crippen LogP contribution in [-0.2, 0) is 14.3 Å². The summed E-state index contributed by atoms with van der Waals surface area (Å²) in [6.45, 7) is 4.72. The molecule has 1 amide bonds. The summed E-state index contributed by atoms with van der Waals surface area (Å²) >= 11 is 0. The van der Waals surface area contributed by atoms with E-state index in [2.05, 4.69) is 22.2 Å². The van der Waals surface area contributed by atoms with Crippen LogP contribution in [0, 0.1) is 11.6 Å². The van der Waals surface area contributed by atoms with Gasteiger partial charge in [0.15, 0.2) is 0 Å². The molecule has 2 atom stereocenters. The van der Waals surface area contributed by atoms with E-state index >= 15 is 0 Å². The number of carboxylic acid groups (broad SMARTS) is 1. The first-order valence-corrected chi connectivity index (χ1v) is 10.0. The quantitative estimate of drug-likeness (QED) is 0.622. The fraction of sp³-hybridized carbons (Fsp3) is 0.318. The van der Waals surface area contributed by atoms with Crippen molar-refractivity contribution in [2.45, 2.75) is 18.2 Å². The van der Waals surface area contributed by atoms with Crippen molar-refractivity contribution in [3.8, 4) is 11.1 Å². The number of rotatable bonds is 6. The molecule has 0 bridgehead atoms. The van der Waals surface area contributed by atoms with Crippen LogP contribution in [0.15, 0.2) is 43.1 Å². The number of benzene rings is 1. The molecule has 0 saturated carbocycles. The maximum Gasteiger partial charge on any atom is 0.326 e. The highest BCUT2D eigenvalue weighted by atomic mass is 19.1. The maximum absolute atomic E-state index is 14.6. The van der Waals surface area contributed by atoms with E-state index in [1.165, 1.54) is 41.4 Å². The lowest BCUT2D eigenvalue weighted by atomic mass is 10.1. The molecular formula is C22H22F2N4O4. The number of carbonyl (C=O) groups is 2. The molecule has 1 spiro atoms. The number of ether oxygens (including phenoxy) is 1. The zero-order chi connectivity index (χ0) is 22.9. The molecule has 0 aliphatic carbocycles. The Morgan fingerprint density at radius 2 is 2.09 bits per heavy atom. The van der Waals surface area contributed by atoms with Gasteiger partial charge in [-0.15, -0.1) is 0 Å². The zero-order valence-electron chi connectivity index (χ0n) is 17.1. The molecule has 3 heterocycles. The van der Waals surface area contributed by atoms with Crippen molar-refractivity contribution >= 4 is 17.6 Å². The van der Waals surface area contributed by atoms with Gasteiger partial charge < -0.3 is 20.1 Å². The second kappa shape index (κ2) is 8.64. The van der Waals surface area contributed by atoms with Crippen LogP contribution in [0.5, 0.6) is 0 Å². The van der Waals surface area contributed by atoms with Gasteiger partial charge in [-0.25, -0.2) is 13.6 Å². The molecule has 1 aromatic heterocycles. The zero-order valence-corrected chi connectivity index (χ0v) is 17.1. The summed E-state index contributed by atoms with van der Waals surface area (Å²) in [6.07, 6.45) is 1.47. The van der Waals surface area contributed by atoms with Gasteiger partial charge in [0.05, 0.1) is 31.1 Å². The van der Waals surface area contributed by atoms with Crippen LogP contribution in [0.1, 0.15) is 12.1 Å². The van der Waals surface area contributed by atoms with Crippen molar-refractivity contribution in [3.05, 3.63) is 60.4 Å². The van der Waals surface area contributed by atoms with Crippen molar-refractivity contribution in [1.82, 2.24) is 20.5 Å². The third-order valence-corrected chi connectivity index (χ3v) is 5.63. The number of pyridine rings is 1. The average molecular weight is 444 g/mol. The van der Waals surface area contributed by atoms with E-state index in [1.54, 1.807) is 0 Å². The van der Waals surface area contributed by atoms with Crippen molar-refractivity contribution in [1.29, 1.82) is 0 Å². The predicted octanol–water partition coefficient (Wildman–Crippen LogP) is 1.59. The van der Waals surface area contributed by atoms with E-state index in [9.17, 15) is 23.5 Å². The van der Waals surface area contributed by atoms with E-state index in [0.717, 1.165) is 0 Å². The van der Waals surface area contributed by atoms with Crippen LogP contribution in [0.4, 0.5) is 8.78 Å². The molecule has 168 valence electrons. The molecule has 2 aromatic rings. The molecule has 2 aliphatic rings. The first kappa shape index (κ1) is 21.8. The van der Waals surface area contributed by atoms with Gasteiger partial charge in [0.25, 0.3) is 0 Å². The summed E-state index contributed by atoms with van der Waals surface area (Å²) in [6, 6.07) is 5.52. The number of likely N-dealkylation sites (tertiary alicyclic amines) is 1. The van der Waals surface area contributed by atoms with E-state index in [-0.39, 0.29) is 36.5 Å². The molecule has 3 N–H and O–H groups in total. The minimum absolute atomic E-state index is 0.121. The Morgan fingerprint density at radius 3 is 2.72 bits per heavy atom. The number of hydrogen-bond acceptors (Lipinski definition) is 6. The molecule has 1 aromatic carbocycles. The summed E-state index contributed by atoms with van der Waals surface area (Å²) in [5, 5.41) is 15.4. The van der Waals surface area contributed by atoms with Crippen molar-refractivity contribution < 1.29 is 28.2 Å². The normalized spacial score (nSPS) is 22.3. The number of carboxylic acids is 1. The molecule has 4 rings (SSSR count). The summed E-state index contributed by atoms with van der Waals surface area (Å²) in [5.41, 5.74) is 0.236. The Labute approximate surface area is 182 Å². The van der Waals surface area contributed by atoms with E-state index in [1.807, 2.05) is 0 Å². The lowest BCUT2D eigenvalue weighted by Crippen LogP contribution is -2.47. The predicted molar refractivity (Wildman–Crippen MR) is 111 cm³/mol. The first-order chi connectivity index (χ1) is 15.3. The van der Waals surface area contributed by atoms with Crippen LogP contribution in [0.3, 0.4) is 0 Å². The monoisotopic (exact) mass is 444 g/mol. The minimum Gasteiger partial charge on any atom is -0.480 e. The van der Waals surface area contributed by atoms with Crippen LogP contribution in [0.25, 0.3) is 16.8 Å². The Bertz CT molecular complexity index is 1050. The molecule has 1 unspecified atom stereocenters. The number of hydrogen-bond donors (Lipinski definition) is 3.